The maximum absolute atomic E-state index is 12.2. The van der Waals surface area contributed by atoms with Gasteiger partial charge < -0.3 is 5.73 Å². The van der Waals surface area contributed by atoms with Gasteiger partial charge in [0.2, 0.25) is 0 Å². The predicted molar refractivity (Wildman–Crippen MR) is 61.7 cm³/mol. The summed E-state index contributed by atoms with van der Waals surface area (Å²) in [7, 11) is -4.13. The third-order valence-electron chi connectivity index (χ3n) is 2.39. The summed E-state index contributed by atoms with van der Waals surface area (Å²) in [6.45, 7) is 2.63. The summed E-state index contributed by atoms with van der Waals surface area (Å²) < 4.78 is 62.2. The lowest BCUT2D eigenvalue weighted by Crippen LogP contribution is -2.36. The van der Waals surface area contributed by atoms with Gasteiger partial charge in [-0.3, -0.25) is 5.10 Å². The minimum atomic E-state index is -4.44. The molecule has 0 aliphatic rings. The quantitative estimate of drug-likeness (QED) is 0.748. The first-order valence-electron chi connectivity index (χ1n) is 5.40. The van der Waals surface area contributed by atoms with Crippen LogP contribution in [0, 0.1) is 6.92 Å². The van der Waals surface area contributed by atoms with Crippen LogP contribution in [-0.2, 0) is 16.6 Å². The van der Waals surface area contributed by atoms with E-state index >= 15 is 0 Å². The largest absolute Gasteiger partial charge is 0.390 e. The Morgan fingerprint density at radius 2 is 2.05 bits per heavy atom. The van der Waals surface area contributed by atoms with Gasteiger partial charge in [0.05, 0.1) is 6.42 Å². The fraction of sp³-hybridized carbons (Fsp3) is 0.667. The Hall–Kier alpha value is -1.13. The van der Waals surface area contributed by atoms with Gasteiger partial charge in [0.25, 0.3) is 10.0 Å². The molecule has 0 spiro atoms. The number of aromatic nitrogens is 2. The van der Waals surface area contributed by atoms with Crippen LogP contribution in [0.25, 0.3) is 0 Å². The lowest BCUT2D eigenvalue weighted by Gasteiger charge is -2.15. The second-order valence-corrected chi connectivity index (χ2v) is 5.81. The molecule has 1 aromatic rings. The zero-order valence-electron chi connectivity index (χ0n) is 10.4. The van der Waals surface area contributed by atoms with Crippen molar-refractivity contribution < 1.29 is 21.6 Å². The number of aryl methyl sites for hydroxylation is 1. The molecule has 1 heterocycles. The third-order valence-corrected chi connectivity index (χ3v) is 3.95. The van der Waals surface area contributed by atoms with Crippen molar-refractivity contribution >= 4 is 10.0 Å². The number of nitrogens with two attached hydrogens (primary N) is 1. The van der Waals surface area contributed by atoms with Crippen molar-refractivity contribution in [3.63, 3.8) is 0 Å². The highest BCUT2D eigenvalue weighted by atomic mass is 32.2. The first-order chi connectivity index (χ1) is 8.57. The number of aromatic amines is 1. The summed E-state index contributed by atoms with van der Waals surface area (Å²) in [6.07, 6.45) is -5.70. The molecule has 0 amide bonds. The number of H-pyrrole nitrogens is 1. The third kappa shape index (κ3) is 4.18. The van der Waals surface area contributed by atoms with Crippen molar-refractivity contribution in [3.8, 4) is 0 Å². The summed E-state index contributed by atoms with van der Waals surface area (Å²) >= 11 is 0. The van der Waals surface area contributed by atoms with Crippen molar-refractivity contribution in [2.45, 2.75) is 44.1 Å². The molecule has 0 aliphatic carbocycles. The van der Waals surface area contributed by atoms with Crippen LogP contribution in [0.5, 0.6) is 0 Å². The highest BCUT2D eigenvalue weighted by molar-refractivity contribution is 7.89. The highest BCUT2D eigenvalue weighted by Crippen LogP contribution is 2.23. The summed E-state index contributed by atoms with van der Waals surface area (Å²) in [4.78, 5) is 0. The highest BCUT2D eigenvalue weighted by Gasteiger charge is 2.33. The van der Waals surface area contributed by atoms with E-state index in [2.05, 4.69) is 10.2 Å². The van der Waals surface area contributed by atoms with E-state index in [1.165, 1.54) is 0 Å². The Labute approximate surface area is 108 Å². The molecule has 1 atom stereocenters. The standard InChI is InChI=1S/C9H15F3N4O2S/c1-5(3-9(10,11)12)16-19(17,18)8-7(4-13)6(2)14-15-8/h5,16H,3-4,13H2,1-2H3,(H,14,15). The number of alkyl halides is 3. The number of sulfonamides is 1. The van der Waals surface area contributed by atoms with E-state index in [0.29, 0.717) is 5.69 Å². The Balaban J connectivity index is 2.93. The summed E-state index contributed by atoms with van der Waals surface area (Å²) in [5.74, 6) is 0. The van der Waals surface area contributed by atoms with Crippen LogP contribution in [0.2, 0.25) is 0 Å². The maximum Gasteiger partial charge on any atom is 0.390 e. The molecule has 0 saturated heterocycles. The van der Waals surface area contributed by atoms with E-state index in [1.54, 1.807) is 6.92 Å². The fourth-order valence-corrected chi connectivity index (χ4v) is 3.05. The number of halogens is 3. The van der Waals surface area contributed by atoms with E-state index in [4.69, 9.17) is 5.73 Å². The molecule has 4 N–H and O–H groups in total. The molecule has 0 radical (unpaired) electrons. The van der Waals surface area contributed by atoms with Crippen LogP contribution in [0.4, 0.5) is 13.2 Å². The monoisotopic (exact) mass is 300 g/mol. The molecule has 1 aromatic heterocycles. The molecule has 0 fully saturated rings. The summed E-state index contributed by atoms with van der Waals surface area (Å²) in [5, 5.41) is 5.66. The van der Waals surface area contributed by atoms with Crippen molar-refractivity contribution in [1.82, 2.24) is 14.9 Å². The second kappa shape index (κ2) is 5.47. The van der Waals surface area contributed by atoms with Crippen LogP contribution < -0.4 is 10.5 Å². The Bertz CT molecular complexity index is 538. The molecule has 0 saturated carbocycles. The van der Waals surface area contributed by atoms with E-state index in [0.717, 1.165) is 6.92 Å². The van der Waals surface area contributed by atoms with Gasteiger partial charge in [-0.25, -0.2) is 13.1 Å². The molecular weight excluding hydrogens is 285 g/mol. The van der Waals surface area contributed by atoms with Crippen molar-refractivity contribution in [2.24, 2.45) is 5.73 Å². The minimum Gasteiger partial charge on any atom is -0.326 e. The normalized spacial score (nSPS) is 14.6. The first-order valence-corrected chi connectivity index (χ1v) is 6.88. The lowest BCUT2D eigenvalue weighted by molar-refractivity contribution is -0.137. The van der Waals surface area contributed by atoms with Gasteiger partial charge in [-0.2, -0.15) is 18.3 Å². The van der Waals surface area contributed by atoms with Crippen LogP contribution in [0.15, 0.2) is 5.03 Å². The second-order valence-electron chi connectivity index (χ2n) is 4.18. The first kappa shape index (κ1) is 15.9. The van der Waals surface area contributed by atoms with Gasteiger partial charge >= 0.3 is 6.18 Å². The SMILES string of the molecule is Cc1[nH]nc(S(=O)(=O)NC(C)CC(F)(F)F)c1CN. The molecular formula is C9H15F3N4O2S. The Morgan fingerprint density at radius 3 is 2.53 bits per heavy atom. The van der Waals surface area contributed by atoms with Gasteiger partial charge in [0.1, 0.15) is 0 Å². The average molecular weight is 300 g/mol. The zero-order chi connectivity index (χ0) is 14.8. The van der Waals surface area contributed by atoms with Crippen molar-refractivity contribution in [3.05, 3.63) is 11.3 Å². The molecule has 1 unspecified atom stereocenters. The molecule has 0 aromatic carbocycles. The summed E-state index contributed by atoms with van der Waals surface area (Å²) in [6, 6.07) is -1.28. The predicted octanol–water partition coefficient (Wildman–Crippen LogP) is 0.796. The van der Waals surface area contributed by atoms with Crippen LogP contribution in [0.3, 0.4) is 0 Å². The van der Waals surface area contributed by atoms with Crippen LogP contribution in [-0.4, -0.2) is 30.8 Å². The van der Waals surface area contributed by atoms with E-state index in [1.807, 2.05) is 4.72 Å². The average Bonchev–Trinajstić information content (AvgIpc) is 2.55. The number of hydrogen-bond acceptors (Lipinski definition) is 4. The Kier molecular flexibility index (Phi) is 4.59. The zero-order valence-corrected chi connectivity index (χ0v) is 11.2. The maximum atomic E-state index is 12.2. The fourth-order valence-electron chi connectivity index (χ4n) is 1.60. The van der Waals surface area contributed by atoms with Gasteiger partial charge in [0, 0.05) is 23.8 Å². The topological polar surface area (TPSA) is 101 Å². The number of hydrogen-bond donors (Lipinski definition) is 3. The van der Waals surface area contributed by atoms with E-state index in [-0.39, 0.29) is 17.1 Å². The van der Waals surface area contributed by atoms with E-state index in [9.17, 15) is 21.6 Å². The Morgan fingerprint density at radius 1 is 1.47 bits per heavy atom. The van der Waals surface area contributed by atoms with Gasteiger partial charge in [-0.15, -0.1) is 0 Å². The number of rotatable bonds is 5. The molecule has 19 heavy (non-hydrogen) atoms. The minimum absolute atomic E-state index is 0.0772. The molecule has 0 bridgehead atoms. The van der Waals surface area contributed by atoms with Crippen molar-refractivity contribution in [1.29, 1.82) is 0 Å². The molecule has 1 rings (SSSR count). The molecule has 0 aliphatic heterocycles. The number of nitrogens with zero attached hydrogens (tertiary/aromatic N) is 1. The van der Waals surface area contributed by atoms with Crippen LogP contribution in [0.1, 0.15) is 24.6 Å². The van der Waals surface area contributed by atoms with Gasteiger partial charge in [0.15, 0.2) is 5.03 Å². The van der Waals surface area contributed by atoms with E-state index < -0.39 is 28.7 Å². The molecule has 110 valence electrons. The smallest absolute Gasteiger partial charge is 0.326 e. The van der Waals surface area contributed by atoms with Gasteiger partial charge in [-0.05, 0) is 13.8 Å². The summed E-state index contributed by atoms with van der Waals surface area (Å²) in [5.41, 5.74) is 6.11. The van der Waals surface area contributed by atoms with Gasteiger partial charge in [-0.1, -0.05) is 0 Å². The number of nitrogens with one attached hydrogen (secondary N) is 2. The molecule has 6 nitrogen and oxygen atoms in total. The lowest BCUT2D eigenvalue weighted by atomic mass is 10.2. The molecule has 10 heteroatoms. The van der Waals surface area contributed by atoms with Crippen LogP contribution >= 0.6 is 0 Å². The van der Waals surface area contributed by atoms with Crippen molar-refractivity contribution in [2.75, 3.05) is 0 Å².